The van der Waals surface area contributed by atoms with Crippen LogP contribution in [0.3, 0.4) is 0 Å². The molecule has 2 aliphatic carbocycles. The number of alkyl carbamates (subject to hydrolysis) is 1. The lowest BCUT2D eigenvalue weighted by Crippen LogP contribution is -2.57. The van der Waals surface area contributed by atoms with Crippen molar-refractivity contribution in [2.75, 3.05) is 20.3 Å². The summed E-state index contributed by atoms with van der Waals surface area (Å²) in [5, 5.41) is 2.83. The van der Waals surface area contributed by atoms with Gasteiger partial charge < -0.3 is 29.2 Å². The minimum atomic E-state index is -3.57. The number of nitrogens with one attached hydrogen (secondary N) is 1. The Morgan fingerprint density at radius 1 is 1.10 bits per heavy atom. The maximum absolute atomic E-state index is 16.2. The summed E-state index contributed by atoms with van der Waals surface area (Å²) in [5.41, 5.74) is -0.957. The molecule has 0 spiro atoms. The number of aromatic nitrogens is 2. The molecule has 2 bridgehead atoms. The maximum Gasteiger partial charge on any atom is 0.408 e. The summed E-state index contributed by atoms with van der Waals surface area (Å²) in [4.78, 5) is 51.8. The van der Waals surface area contributed by atoms with Gasteiger partial charge in [0, 0.05) is 12.0 Å². The highest BCUT2D eigenvalue weighted by Crippen LogP contribution is 2.57. The first-order valence-electron chi connectivity index (χ1n) is 17.6. The van der Waals surface area contributed by atoms with Gasteiger partial charge >= 0.3 is 18.0 Å². The number of alkyl halides is 2. The number of hydrogen-bond donors (Lipinski definition) is 1. The third-order valence-corrected chi connectivity index (χ3v) is 10.5. The second-order valence-electron chi connectivity index (χ2n) is 15.8. The van der Waals surface area contributed by atoms with Crippen LogP contribution in [0.25, 0.3) is 11.0 Å². The Morgan fingerprint density at radius 2 is 1.86 bits per heavy atom. The van der Waals surface area contributed by atoms with Crippen molar-refractivity contribution in [3.05, 3.63) is 36.0 Å². The van der Waals surface area contributed by atoms with Crippen LogP contribution in [0.15, 0.2) is 30.4 Å². The number of rotatable bonds is 4. The Bertz CT molecular complexity index is 1660. The molecule has 1 aromatic carbocycles. The summed E-state index contributed by atoms with van der Waals surface area (Å²) < 4.78 is 55.5. The number of allylic oxidation sites excluding steroid dienone is 2. The molecule has 3 fully saturated rings. The van der Waals surface area contributed by atoms with Gasteiger partial charge in [-0.05, 0) is 73.0 Å². The molecule has 8 unspecified atom stereocenters. The summed E-state index contributed by atoms with van der Waals surface area (Å²) in [5.74, 6) is -4.56. The molecule has 6 rings (SSSR count). The van der Waals surface area contributed by atoms with Gasteiger partial charge in [0.15, 0.2) is 5.69 Å². The lowest BCUT2D eigenvalue weighted by Gasteiger charge is -2.35. The molecule has 272 valence electrons. The van der Waals surface area contributed by atoms with Gasteiger partial charge in [-0.2, -0.15) is 8.78 Å². The Balaban J connectivity index is 1.44. The SMILES string of the molecule is COc1ccc2nc3c(nc2c1)OC1CN(C(=O)C(C(C)(C)C)NC(=O)OC2CC4CC4C2CCC=CC3(F)F)C(C(=O)OCC(C)C)C1C. The number of carbonyl (C=O) groups excluding carboxylic acids is 3. The second-order valence-corrected chi connectivity index (χ2v) is 15.8. The first-order valence-corrected chi connectivity index (χ1v) is 17.6. The molecule has 1 saturated heterocycles. The molecule has 1 aromatic heterocycles. The van der Waals surface area contributed by atoms with E-state index in [4.69, 9.17) is 18.9 Å². The number of amides is 2. The quantitative estimate of drug-likeness (QED) is 0.300. The highest BCUT2D eigenvalue weighted by Gasteiger charge is 2.55. The summed E-state index contributed by atoms with van der Waals surface area (Å²) >= 11 is 0. The van der Waals surface area contributed by atoms with E-state index in [9.17, 15) is 14.4 Å². The molecule has 4 aliphatic rings. The summed E-state index contributed by atoms with van der Waals surface area (Å²) in [7, 11) is 1.49. The van der Waals surface area contributed by atoms with Crippen molar-refractivity contribution >= 4 is 29.0 Å². The predicted octanol–water partition coefficient (Wildman–Crippen LogP) is 6.04. The van der Waals surface area contributed by atoms with Crippen molar-refractivity contribution in [3.63, 3.8) is 0 Å². The number of methoxy groups -OCH3 is 1. The number of benzene rings is 1. The van der Waals surface area contributed by atoms with E-state index in [0.717, 1.165) is 12.5 Å². The zero-order chi connectivity index (χ0) is 36.1. The first-order chi connectivity index (χ1) is 23.6. The minimum absolute atomic E-state index is 0.0151. The van der Waals surface area contributed by atoms with Crippen molar-refractivity contribution in [1.82, 2.24) is 20.2 Å². The van der Waals surface area contributed by atoms with Crippen LogP contribution in [0, 0.1) is 35.0 Å². The number of halogens is 2. The molecule has 1 N–H and O–H groups in total. The van der Waals surface area contributed by atoms with Crippen molar-refractivity contribution in [2.24, 2.45) is 35.0 Å². The van der Waals surface area contributed by atoms with Crippen LogP contribution in [0.2, 0.25) is 0 Å². The van der Waals surface area contributed by atoms with Gasteiger partial charge in [0.05, 0.1) is 31.3 Å². The summed E-state index contributed by atoms with van der Waals surface area (Å²) in [6, 6.07) is 2.54. The molecule has 2 amide bonds. The summed E-state index contributed by atoms with van der Waals surface area (Å²) in [6.45, 7) is 10.9. The Kier molecular flexibility index (Phi) is 9.73. The van der Waals surface area contributed by atoms with E-state index in [0.29, 0.717) is 36.8 Å². The fraction of sp³-hybridized carbons (Fsp3) is 0.649. The number of esters is 1. The van der Waals surface area contributed by atoms with Gasteiger partial charge in [-0.25, -0.2) is 19.6 Å². The number of nitrogens with zero attached hydrogens (tertiary/aromatic N) is 3. The fourth-order valence-electron chi connectivity index (χ4n) is 7.65. The van der Waals surface area contributed by atoms with E-state index < -0.39 is 65.0 Å². The Morgan fingerprint density at radius 3 is 2.56 bits per heavy atom. The van der Waals surface area contributed by atoms with Gasteiger partial charge in [-0.3, -0.25) is 4.79 Å². The molecule has 8 atom stereocenters. The average molecular weight is 699 g/mol. The van der Waals surface area contributed by atoms with Crippen LogP contribution in [0.4, 0.5) is 13.6 Å². The number of fused-ring (bicyclic) bond motifs is 7. The zero-order valence-electron chi connectivity index (χ0n) is 29.8. The van der Waals surface area contributed by atoms with Crippen LogP contribution in [-0.2, 0) is 25.0 Å². The maximum atomic E-state index is 16.2. The van der Waals surface area contributed by atoms with Crippen LogP contribution >= 0.6 is 0 Å². The van der Waals surface area contributed by atoms with E-state index in [2.05, 4.69) is 15.3 Å². The third kappa shape index (κ3) is 7.23. The number of carbonyl (C=O) groups is 3. The Hall–Kier alpha value is -4.03. The van der Waals surface area contributed by atoms with Gasteiger partial charge in [0.1, 0.15) is 30.0 Å². The Labute approximate surface area is 291 Å². The summed E-state index contributed by atoms with van der Waals surface area (Å²) in [6.07, 6.45) is 2.82. The largest absolute Gasteiger partial charge is 0.497 e. The van der Waals surface area contributed by atoms with E-state index in [1.165, 1.54) is 18.1 Å². The van der Waals surface area contributed by atoms with Crippen molar-refractivity contribution < 1.29 is 42.1 Å². The van der Waals surface area contributed by atoms with Crippen LogP contribution in [0.1, 0.15) is 72.9 Å². The first kappa shape index (κ1) is 35.8. The molecule has 2 aromatic rings. The highest BCUT2D eigenvalue weighted by atomic mass is 19.3. The van der Waals surface area contributed by atoms with E-state index in [1.54, 1.807) is 25.1 Å². The molecule has 2 saturated carbocycles. The van der Waals surface area contributed by atoms with Crippen molar-refractivity contribution in [1.29, 1.82) is 0 Å². The van der Waals surface area contributed by atoms with Crippen LogP contribution in [-0.4, -0.2) is 77.4 Å². The second kappa shape index (κ2) is 13.6. The van der Waals surface area contributed by atoms with Gasteiger partial charge in [-0.1, -0.05) is 47.6 Å². The van der Waals surface area contributed by atoms with E-state index in [1.807, 2.05) is 34.6 Å². The molecular formula is C37H48F2N4O7. The lowest BCUT2D eigenvalue weighted by atomic mass is 9.85. The van der Waals surface area contributed by atoms with Crippen LogP contribution < -0.4 is 14.8 Å². The normalized spacial score (nSPS) is 31.0. The molecule has 2 aliphatic heterocycles. The molecule has 3 heterocycles. The zero-order valence-corrected chi connectivity index (χ0v) is 29.8. The lowest BCUT2D eigenvalue weighted by molar-refractivity contribution is -0.156. The van der Waals surface area contributed by atoms with Gasteiger partial charge in [-0.15, -0.1) is 0 Å². The third-order valence-electron chi connectivity index (χ3n) is 10.5. The monoisotopic (exact) mass is 698 g/mol. The van der Waals surface area contributed by atoms with E-state index >= 15 is 8.78 Å². The molecular weight excluding hydrogens is 650 g/mol. The highest BCUT2D eigenvalue weighted by molar-refractivity contribution is 5.91. The average Bonchev–Trinajstić information content (AvgIpc) is 3.62. The molecule has 0 radical (unpaired) electrons. The van der Waals surface area contributed by atoms with Gasteiger partial charge in [0.2, 0.25) is 11.8 Å². The van der Waals surface area contributed by atoms with Crippen LogP contribution in [0.5, 0.6) is 11.6 Å². The standard InChI is InChI=1S/C37H48F2N4O7/c1-19(2)18-48-34(45)29-20(3)28-17-43(29)33(44)31(36(4,5)6)42-35(46)50-27-15-21-14-24(21)23(27)10-8-9-13-37(38,39)30-32(49-28)41-26-16-22(47-7)11-12-25(26)40-30/h9,11-13,16,19-21,23-24,27-29,31H,8,10,14-15,17-18H2,1-7H3,(H,42,46). The minimum Gasteiger partial charge on any atom is -0.497 e. The van der Waals surface area contributed by atoms with Gasteiger partial charge in [0.25, 0.3) is 0 Å². The molecule has 13 heteroatoms. The van der Waals surface area contributed by atoms with E-state index in [-0.39, 0.29) is 42.1 Å². The number of hydrogen-bond acceptors (Lipinski definition) is 9. The number of ether oxygens (including phenoxy) is 4. The predicted molar refractivity (Wildman–Crippen MR) is 180 cm³/mol. The van der Waals surface area contributed by atoms with Crippen molar-refractivity contribution in [3.8, 4) is 11.6 Å². The fourth-order valence-corrected chi connectivity index (χ4v) is 7.65. The smallest absolute Gasteiger partial charge is 0.408 e. The molecule has 50 heavy (non-hydrogen) atoms. The molecule has 11 nitrogen and oxygen atoms in total. The topological polar surface area (TPSA) is 129 Å². The van der Waals surface area contributed by atoms with Crippen molar-refractivity contribution in [2.45, 2.75) is 97.4 Å².